The smallest absolute Gasteiger partial charge is 0.335 e. The van der Waals surface area contributed by atoms with Crippen molar-refractivity contribution in [2.75, 3.05) is 19.7 Å². The van der Waals surface area contributed by atoms with Crippen LogP contribution in [0.2, 0.25) is 18.1 Å². The second-order valence-corrected chi connectivity index (χ2v) is 14.6. The molecule has 0 atom stereocenters. The van der Waals surface area contributed by atoms with Crippen LogP contribution in [0.15, 0.2) is 0 Å². The SMILES string of the molecule is CCN(CC1CCC(CO[Si](C)(C)C(C)(C)C)CC1)S(=O)(=O)O. The zero-order chi connectivity index (χ0) is 17.9. The summed E-state index contributed by atoms with van der Waals surface area (Å²) in [5, 5.41) is 0.237. The molecular weight excluding hydrogens is 330 g/mol. The molecule has 138 valence electrons. The lowest BCUT2D eigenvalue weighted by molar-refractivity contribution is 0.160. The van der Waals surface area contributed by atoms with Crippen molar-refractivity contribution in [1.82, 2.24) is 4.31 Å². The van der Waals surface area contributed by atoms with Crippen LogP contribution in [0.1, 0.15) is 53.4 Å². The van der Waals surface area contributed by atoms with Gasteiger partial charge < -0.3 is 4.43 Å². The Labute approximate surface area is 143 Å². The average Bonchev–Trinajstić information content (AvgIpc) is 2.41. The van der Waals surface area contributed by atoms with Gasteiger partial charge in [0.2, 0.25) is 0 Å². The minimum absolute atomic E-state index is 0.237. The molecule has 1 aliphatic carbocycles. The van der Waals surface area contributed by atoms with E-state index in [-0.39, 0.29) is 5.04 Å². The summed E-state index contributed by atoms with van der Waals surface area (Å²) in [6, 6.07) is 0. The van der Waals surface area contributed by atoms with E-state index in [0.717, 1.165) is 32.3 Å². The molecule has 0 aromatic heterocycles. The quantitative estimate of drug-likeness (QED) is 0.548. The molecular formula is C16H35NO4SSi. The Kier molecular flexibility index (Phi) is 7.29. The minimum Gasteiger partial charge on any atom is -0.417 e. The van der Waals surface area contributed by atoms with Gasteiger partial charge in [0, 0.05) is 19.7 Å². The van der Waals surface area contributed by atoms with E-state index in [4.69, 9.17) is 4.43 Å². The predicted molar refractivity (Wildman–Crippen MR) is 97.4 cm³/mol. The zero-order valence-electron chi connectivity index (χ0n) is 15.6. The van der Waals surface area contributed by atoms with Crippen LogP contribution in [-0.2, 0) is 14.7 Å². The van der Waals surface area contributed by atoms with Crippen molar-refractivity contribution >= 4 is 18.6 Å². The first-order valence-corrected chi connectivity index (χ1v) is 13.0. The first-order chi connectivity index (χ1) is 10.4. The van der Waals surface area contributed by atoms with Gasteiger partial charge in [0.05, 0.1) is 0 Å². The Morgan fingerprint density at radius 1 is 1.13 bits per heavy atom. The molecule has 0 heterocycles. The Morgan fingerprint density at radius 2 is 1.61 bits per heavy atom. The molecule has 5 nitrogen and oxygen atoms in total. The van der Waals surface area contributed by atoms with Gasteiger partial charge in [-0.25, -0.2) is 0 Å². The van der Waals surface area contributed by atoms with Crippen LogP contribution >= 0.6 is 0 Å². The van der Waals surface area contributed by atoms with Gasteiger partial charge >= 0.3 is 10.3 Å². The zero-order valence-corrected chi connectivity index (χ0v) is 17.4. The van der Waals surface area contributed by atoms with Gasteiger partial charge in [-0.15, -0.1) is 0 Å². The molecule has 0 aromatic rings. The molecule has 0 aromatic carbocycles. The predicted octanol–water partition coefficient (Wildman–Crippen LogP) is 3.94. The highest BCUT2D eigenvalue weighted by Crippen LogP contribution is 2.38. The van der Waals surface area contributed by atoms with Gasteiger partial charge in [0.1, 0.15) is 0 Å². The van der Waals surface area contributed by atoms with Gasteiger partial charge in [-0.1, -0.05) is 27.7 Å². The van der Waals surface area contributed by atoms with E-state index < -0.39 is 18.6 Å². The fourth-order valence-electron chi connectivity index (χ4n) is 2.80. The van der Waals surface area contributed by atoms with E-state index in [1.165, 1.54) is 4.31 Å². The van der Waals surface area contributed by atoms with Gasteiger partial charge in [-0.05, 0) is 55.7 Å². The summed E-state index contributed by atoms with van der Waals surface area (Å²) in [6.45, 7) is 14.7. The highest BCUT2D eigenvalue weighted by Gasteiger charge is 2.38. The third kappa shape index (κ3) is 6.46. The lowest BCUT2D eigenvalue weighted by Gasteiger charge is -2.38. The standard InChI is InChI=1S/C16H35NO4SSi/c1-7-17(22(18,19)20)12-14-8-10-15(11-9-14)13-21-23(5,6)16(2,3)4/h14-15H,7-13H2,1-6H3,(H,18,19,20). The normalized spacial score (nSPS) is 24.2. The van der Waals surface area contributed by atoms with E-state index in [1.54, 1.807) is 6.92 Å². The third-order valence-electron chi connectivity index (χ3n) is 5.59. The van der Waals surface area contributed by atoms with Crippen molar-refractivity contribution in [2.24, 2.45) is 11.8 Å². The summed E-state index contributed by atoms with van der Waals surface area (Å²) in [6.07, 6.45) is 4.19. The van der Waals surface area contributed by atoms with Crippen molar-refractivity contribution in [3.8, 4) is 0 Å². The van der Waals surface area contributed by atoms with Gasteiger partial charge in [-0.2, -0.15) is 12.7 Å². The molecule has 0 bridgehead atoms. The molecule has 1 N–H and O–H groups in total. The topological polar surface area (TPSA) is 66.8 Å². The monoisotopic (exact) mass is 365 g/mol. The van der Waals surface area contributed by atoms with Crippen molar-refractivity contribution in [1.29, 1.82) is 0 Å². The highest BCUT2D eigenvalue weighted by atomic mass is 32.2. The lowest BCUT2D eigenvalue weighted by atomic mass is 9.82. The molecule has 1 rings (SSSR count). The Morgan fingerprint density at radius 3 is 2.00 bits per heavy atom. The first kappa shape index (κ1) is 21.1. The van der Waals surface area contributed by atoms with Crippen LogP contribution in [0.4, 0.5) is 0 Å². The molecule has 23 heavy (non-hydrogen) atoms. The van der Waals surface area contributed by atoms with E-state index in [2.05, 4.69) is 33.9 Å². The number of hydrogen-bond acceptors (Lipinski definition) is 3. The molecule has 0 unspecified atom stereocenters. The molecule has 0 aliphatic heterocycles. The summed E-state index contributed by atoms with van der Waals surface area (Å²) in [7, 11) is -5.74. The van der Waals surface area contributed by atoms with Gasteiger partial charge in [0.15, 0.2) is 8.32 Å². The van der Waals surface area contributed by atoms with E-state index in [1.807, 2.05) is 0 Å². The third-order valence-corrected chi connectivity index (χ3v) is 11.2. The van der Waals surface area contributed by atoms with Crippen molar-refractivity contribution in [2.45, 2.75) is 71.5 Å². The van der Waals surface area contributed by atoms with Gasteiger partial charge in [-0.3, -0.25) is 4.55 Å². The maximum Gasteiger partial charge on any atom is 0.335 e. The summed E-state index contributed by atoms with van der Waals surface area (Å²) in [4.78, 5) is 0. The van der Waals surface area contributed by atoms with E-state index >= 15 is 0 Å². The Hall–Kier alpha value is 0.0469. The highest BCUT2D eigenvalue weighted by molar-refractivity contribution is 7.83. The molecule has 0 radical (unpaired) electrons. The van der Waals surface area contributed by atoms with Crippen molar-refractivity contribution in [3.05, 3.63) is 0 Å². The Bertz CT molecular complexity index is 465. The molecule has 0 saturated heterocycles. The maximum absolute atomic E-state index is 11.3. The van der Waals surface area contributed by atoms with Crippen molar-refractivity contribution in [3.63, 3.8) is 0 Å². The van der Waals surface area contributed by atoms with Crippen LogP contribution in [0.5, 0.6) is 0 Å². The summed E-state index contributed by atoms with van der Waals surface area (Å²) in [5.41, 5.74) is 0. The fourth-order valence-corrected chi connectivity index (χ4v) is 4.61. The largest absolute Gasteiger partial charge is 0.417 e. The molecule has 1 fully saturated rings. The van der Waals surface area contributed by atoms with Gasteiger partial charge in [0.25, 0.3) is 0 Å². The minimum atomic E-state index is -4.06. The van der Waals surface area contributed by atoms with Crippen LogP contribution < -0.4 is 0 Å². The fraction of sp³-hybridized carbons (Fsp3) is 1.00. The maximum atomic E-state index is 11.3. The number of hydrogen-bond donors (Lipinski definition) is 1. The van der Waals surface area contributed by atoms with Crippen LogP contribution in [0.3, 0.4) is 0 Å². The Balaban J connectivity index is 2.42. The van der Waals surface area contributed by atoms with E-state index in [9.17, 15) is 13.0 Å². The first-order valence-electron chi connectivity index (χ1n) is 8.73. The number of rotatable bonds is 7. The van der Waals surface area contributed by atoms with Crippen LogP contribution in [-0.4, -0.2) is 45.3 Å². The van der Waals surface area contributed by atoms with Crippen LogP contribution in [0.25, 0.3) is 0 Å². The summed E-state index contributed by atoms with van der Waals surface area (Å²) >= 11 is 0. The summed E-state index contributed by atoms with van der Waals surface area (Å²) < 4.78 is 39.2. The second-order valence-electron chi connectivity index (χ2n) is 8.39. The summed E-state index contributed by atoms with van der Waals surface area (Å²) in [5.74, 6) is 0.933. The molecule has 0 spiro atoms. The molecule has 1 aliphatic rings. The molecule has 7 heteroatoms. The second kappa shape index (κ2) is 7.95. The van der Waals surface area contributed by atoms with E-state index in [0.29, 0.717) is 24.9 Å². The molecule has 1 saturated carbocycles. The van der Waals surface area contributed by atoms with Crippen molar-refractivity contribution < 1.29 is 17.4 Å². The van der Waals surface area contributed by atoms with Crippen LogP contribution in [0, 0.1) is 11.8 Å². The lowest BCUT2D eigenvalue weighted by Crippen LogP contribution is -2.42. The average molecular weight is 366 g/mol. The molecule has 0 amide bonds. The number of nitrogens with zero attached hydrogens (tertiary/aromatic N) is 1.